The molecule has 1 aromatic heterocycles. The molecule has 0 fully saturated rings. The minimum absolute atomic E-state index is 0.233. The maximum atomic E-state index is 11.8. The molecule has 0 aliphatic heterocycles. The average Bonchev–Trinajstić information content (AvgIpc) is 2.65. The van der Waals surface area contributed by atoms with Gasteiger partial charge < -0.3 is 9.72 Å². The molecule has 96 valence electrons. The Kier molecular flexibility index (Phi) is 3.70. The number of H-pyrrole nitrogens is 1. The van der Waals surface area contributed by atoms with E-state index in [-0.39, 0.29) is 5.97 Å². The van der Waals surface area contributed by atoms with Crippen molar-refractivity contribution < 1.29 is 9.53 Å². The van der Waals surface area contributed by atoms with E-state index in [1.54, 1.807) is 0 Å². The van der Waals surface area contributed by atoms with Crippen molar-refractivity contribution >= 4 is 16.9 Å². The van der Waals surface area contributed by atoms with Crippen LogP contribution in [0, 0.1) is 13.8 Å². The van der Waals surface area contributed by atoms with E-state index in [9.17, 15) is 4.79 Å². The van der Waals surface area contributed by atoms with Crippen LogP contribution in [0.1, 0.15) is 41.4 Å². The number of aromatic amines is 1. The molecule has 0 amide bonds. The van der Waals surface area contributed by atoms with E-state index in [0.29, 0.717) is 12.2 Å². The van der Waals surface area contributed by atoms with E-state index in [2.05, 4.69) is 18.8 Å². The second-order valence-electron chi connectivity index (χ2n) is 4.62. The van der Waals surface area contributed by atoms with Crippen molar-refractivity contribution in [2.24, 2.45) is 0 Å². The zero-order chi connectivity index (χ0) is 13.1. The number of fused-ring (bicyclic) bond motifs is 1. The van der Waals surface area contributed by atoms with Crippen LogP contribution in [-0.4, -0.2) is 17.6 Å². The lowest BCUT2D eigenvalue weighted by Gasteiger charge is -2.04. The third-order valence-electron chi connectivity index (χ3n) is 3.27. The molecule has 0 unspecified atom stereocenters. The highest BCUT2D eigenvalue weighted by molar-refractivity contribution is 5.96. The second kappa shape index (κ2) is 5.25. The van der Waals surface area contributed by atoms with Crippen LogP contribution in [-0.2, 0) is 4.74 Å². The van der Waals surface area contributed by atoms with E-state index in [1.807, 2.05) is 25.1 Å². The molecule has 2 rings (SSSR count). The molecule has 1 aromatic carbocycles. The molecule has 0 aliphatic rings. The molecule has 0 saturated heterocycles. The largest absolute Gasteiger partial charge is 0.462 e. The van der Waals surface area contributed by atoms with Gasteiger partial charge in [-0.3, -0.25) is 0 Å². The number of aryl methyl sites for hydroxylation is 2. The van der Waals surface area contributed by atoms with Crippen molar-refractivity contribution in [2.45, 2.75) is 33.6 Å². The van der Waals surface area contributed by atoms with Crippen LogP contribution in [0.25, 0.3) is 10.9 Å². The molecule has 3 heteroatoms. The van der Waals surface area contributed by atoms with Gasteiger partial charge in [0.05, 0.1) is 12.2 Å². The summed E-state index contributed by atoms with van der Waals surface area (Å²) in [6.45, 7) is 6.67. The lowest BCUT2D eigenvalue weighted by atomic mass is 10.1. The summed E-state index contributed by atoms with van der Waals surface area (Å²) in [5, 5.41) is 1.09. The Morgan fingerprint density at radius 2 is 2.11 bits per heavy atom. The van der Waals surface area contributed by atoms with Crippen LogP contribution in [0.5, 0.6) is 0 Å². The van der Waals surface area contributed by atoms with Gasteiger partial charge in [-0.2, -0.15) is 0 Å². The Morgan fingerprint density at radius 3 is 2.83 bits per heavy atom. The van der Waals surface area contributed by atoms with E-state index >= 15 is 0 Å². The third-order valence-corrected chi connectivity index (χ3v) is 3.27. The summed E-state index contributed by atoms with van der Waals surface area (Å²) < 4.78 is 5.21. The fourth-order valence-electron chi connectivity index (χ4n) is 1.98. The third kappa shape index (κ3) is 2.40. The number of aromatic nitrogens is 1. The van der Waals surface area contributed by atoms with E-state index < -0.39 is 0 Å². The van der Waals surface area contributed by atoms with Gasteiger partial charge in [0.15, 0.2) is 0 Å². The Hall–Kier alpha value is -1.77. The van der Waals surface area contributed by atoms with Gasteiger partial charge in [-0.25, -0.2) is 4.79 Å². The highest BCUT2D eigenvalue weighted by atomic mass is 16.5. The number of rotatable bonds is 4. The summed E-state index contributed by atoms with van der Waals surface area (Å²) in [4.78, 5) is 15.1. The van der Waals surface area contributed by atoms with Crippen LogP contribution in [0.15, 0.2) is 18.2 Å². The number of nitrogens with one attached hydrogen (secondary N) is 1. The number of unbranched alkanes of at least 4 members (excludes halogenated alkanes) is 1. The zero-order valence-electron chi connectivity index (χ0n) is 11.2. The van der Waals surface area contributed by atoms with E-state index in [0.717, 1.165) is 29.4 Å². The first-order valence-electron chi connectivity index (χ1n) is 6.39. The molecule has 1 heterocycles. The topological polar surface area (TPSA) is 42.1 Å². The van der Waals surface area contributed by atoms with Gasteiger partial charge in [0, 0.05) is 16.6 Å². The zero-order valence-corrected chi connectivity index (χ0v) is 11.2. The molecule has 0 aliphatic carbocycles. The van der Waals surface area contributed by atoms with Crippen LogP contribution >= 0.6 is 0 Å². The second-order valence-corrected chi connectivity index (χ2v) is 4.62. The number of benzene rings is 1. The fraction of sp³-hybridized carbons (Fsp3) is 0.400. The normalized spacial score (nSPS) is 10.8. The standard InChI is InChI=1S/C15H19NO2/c1-4-5-8-18-15(17)12-6-7-14-13(9-12)10(2)11(3)16-14/h6-7,9,16H,4-5,8H2,1-3H3. The van der Waals surface area contributed by atoms with Crippen molar-refractivity contribution in [2.75, 3.05) is 6.61 Å². The van der Waals surface area contributed by atoms with Gasteiger partial charge in [-0.05, 0) is 44.0 Å². The summed E-state index contributed by atoms with van der Waals surface area (Å²) in [5.41, 5.74) is 4.02. The molecule has 0 saturated carbocycles. The number of carbonyl (C=O) groups is 1. The summed E-state index contributed by atoms with van der Waals surface area (Å²) in [6, 6.07) is 5.65. The first kappa shape index (κ1) is 12.7. The maximum Gasteiger partial charge on any atom is 0.338 e. The van der Waals surface area contributed by atoms with Crippen molar-refractivity contribution in [1.29, 1.82) is 0 Å². The quantitative estimate of drug-likeness (QED) is 0.658. The minimum Gasteiger partial charge on any atom is -0.462 e. The summed E-state index contributed by atoms with van der Waals surface area (Å²) in [5.74, 6) is -0.233. The summed E-state index contributed by atoms with van der Waals surface area (Å²) in [6.07, 6.45) is 1.94. The molecule has 0 atom stereocenters. The van der Waals surface area contributed by atoms with Crippen LogP contribution in [0.2, 0.25) is 0 Å². The Balaban J connectivity index is 2.24. The minimum atomic E-state index is -0.233. The van der Waals surface area contributed by atoms with Gasteiger partial charge in [-0.1, -0.05) is 13.3 Å². The van der Waals surface area contributed by atoms with Gasteiger partial charge in [0.25, 0.3) is 0 Å². The Morgan fingerprint density at radius 1 is 1.33 bits per heavy atom. The van der Waals surface area contributed by atoms with Crippen LogP contribution in [0.4, 0.5) is 0 Å². The predicted octanol–water partition coefficient (Wildman–Crippen LogP) is 3.74. The maximum absolute atomic E-state index is 11.8. The smallest absolute Gasteiger partial charge is 0.338 e. The molecule has 18 heavy (non-hydrogen) atoms. The lowest BCUT2D eigenvalue weighted by Crippen LogP contribution is -2.06. The molecule has 0 bridgehead atoms. The van der Waals surface area contributed by atoms with Gasteiger partial charge >= 0.3 is 5.97 Å². The summed E-state index contributed by atoms with van der Waals surface area (Å²) in [7, 11) is 0. The van der Waals surface area contributed by atoms with Crippen molar-refractivity contribution in [3.8, 4) is 0 Å². The first-order valence-corrected chi connectivity index (χ1v) is 6.39. The number of ether oxygens (including phenoxy) is 1. The molecule has 0 radical (unpaired) electrons. The van der Waals surface area contributed by atoms with E-state index in [1.165, 1.54) is 5.56 Å². The summed E-state index contributed by atoms with van der Waals surface area (Å²) >= 11 is 0. The SMILES string of the molecule is CCCCOC(=O)c1ccc2[nH]c(C)c(C)c2c1. The number of hydrogen-bond acceptors (Lipinski definition) is 2. The van der Waals surface area contributed by atoms with Crippen LogP contribution in [0.3, 0.4) is 0 Å². The van der Waals surface area contributed by atoms with Crippen molar-refractivity contribution in [1.82, 2.24) is 4.98 Å². The Bertz CT molecular complexity index is 569. The van der Waals surface area contributed by atoms with Crippen molar-refractivity contribution in [3.63, 3.8) is 0 Å². The molecule has 2 aromatic rings. The number of carbonyl (C=O) groups excluding carboxylic acids is 1. The van der Waals surface area contributed by atoms with Gasteiger partial charge in [-0.15, -0.1) is 0 Å². The first-order chi connectivity index (χ1) is 8.63. The Labute approximate surface area is 107 Å². The highest BCUT2D eigenvalue weighted by Crippen LogP contribution is 2.22. The average molecular weight is 245 g/mol. The monoisotopic (exact) mass is 245 g/mol. The lowest BCUT2D eigenvalue weighted by molar-refractivity contribution is 0.0500. The predicted molar refractivity (Wildman–Crippen MR) is 73.0 cm³/mol. The molecule has 3 nitrogen and oxygen atoms in total. The fourth-order valence-corrected chi connectivity index (χ4v) is 1.98. The van der Waals surface area contributed by atoms with E-state index in [4.69, 9.17) is 4.74 Å². The number of esters is 1. The molecule has 1 N–H and O–H groups in total. The number of hydrogen-bond donors (Lipinski definition) is 1. The van der Waals surface area contributed by atoms with Gasteiger partial charge in [0.2, 0.25) is 0 Å². The molecular weight excluding hydrogens is 226 g/mol. The molecule has 0 spiro atoms. The molecular formula is C15H19NO2. The highest BCUT2D eigenvalue weighted by Gasteiger charge is 2.10. The van der Waals surface area contributed by atoms with Crippen LogP contribution < -0.4 is 0 Å². The van der Waals surface area contributed by atoms with Crippen molar-refractivity contribution in [3.05, 3.63) is 35.0 Å². The van der Waals surface area contributed by atoms with Gasteiger partial charge in [0.1, 0.15) is 0 Å².